The largest absolute Gasteiger partial charge is 0.490 e. The molecule has 0 N–H and O–H groups in total. The van der Waals surface area contributed by atoms with Crippen molar-refractivity contribution in [1.29, 1.82) is 0 Å². The number of benzene rings is 1. The van der Waals surface area contributed by atoms with Crippen LogP contribution in [0, 0.1) is 6.92 Å². The molecule has 0 bridgehead atoms. The highest BCUT2D eigenvalue weighted by atomic mass is 16.5. The first kappa shape index (κ1) is 11.8. The molecule has 1 rings (SSSR count). The molecule has 0 radical (unpaired) electrons. The van der Waals surface area contributed by atoms with E-state index in [2.05, 4.69) is 13.5 Å². The lowest BCUT2D eigenvalue weighted by Gasteiger charge is -2.01. The Bertz CT molecular complexity index is 223. The van der Waals surface area contributed by atoms with Gasteiger partial charge in [0.05, 0.1) is 0 Å². The molecule has 0 aliphatic carbocycles. The summed E-state index contributed by atoms with van der Waals surface area (Å²) in [5.41, 5.74) is 1.25. The molecule has 0 spiro atoms. The van der Waals surface area contributed by atoms with Crippen molar-refractivity contribution < 1.29 is 4.74 Å². The fourth-order valence-corrected chi connectivity index (χ4v) is 0.790. The highest BCUT2D eigenvalue weighted by molar-refractivity contribution is 5.26. The van der Waals surface area contributed by atoms with Crippen LogP contribution < -0.4 is 4.74 Å². The van der Waals surface area contributed by atoms with E-state index >= 15 is 0 Å². The van der Waals surface area contributed by atoms with E-state index in [0.717, 1.165) is 5.75 Å². The third kappa shape index (κ3) is 5.07. The van der Waals surface area contributed by atoms with E-state index in [4.69, 9.17) is 4.74 Å². The van der Waals surface area contributed by atoms with Crippen LogP contribution >= 0.6 is 0 Å². The standard InChI is InChI=1S/C10H12O.C2H6/c1-3-8-11-10-6-4-9(2)5-7-10;1-2/h3-7H,1,8H2,2H3;1-2H3. The van der Waals surface area contributed by atoms with Gasteiger partial charge in [-0.3, -0.25) is 0 Å². The maximum atomic E-state index is 5.29. The summed E-state index contributed by atoms with van der Waals surface area (Å²) in [4.78, 5) is 0. The first-order valence-corrected chi connectivity index (χ1v) is 4.63. The quantitative estimate of drug-likeness (QED) is 0.643. The van der Waals surface area contributed by atoms with E-state index in [1.165, 1.54) is 5.56 Å². The van der Waals surface area contributed by atoms with Gasteiger partial charge < -0.3 is 4.74 Å². The van der Waals surface area contributed by atoms with Gasteiger partial charge in [0, 0.05) is 0 Å². The van der Waals surface area contributed by atoms with Crippen LogP contribution in [-0.2, 0) is 0 Å². The van der Waals surface area contributed by atoms with Gasteiger partial charge in [-0.05, 0) is 19.1 Å². The first-order chi connectivity index (χ1) is 6.33. The average molecular weight is 178 g/mol. The Balaban J connectivity index is 0.000000671. The number of ether oxygens (including phenoxy) is 1. The maximum Gasteiger partial charge on any atom is 0.119 e. The Hall–Kier alpha value is -1.24. The SMILES string of the molecule is C=CCOc1ccc(C)cc1.CC. The second kappa shape index (κ2) is 7.41. The van der Waals surface area contributed by atoms with Crippen LogP contribution in [0.25, 0.3) is 0 Å². The molecule has 0 aromatic heterocycles. The second-order valence-electron chi connectivity index (χ2n) is 2.41. The zero-order chi connectivity index (χ0) is 10.1. The molecule has 0 saturated carbocycles. The van der Waals surface area contributed by atoms with Gasteiger partial charge in [-0.25, -0.2) is 0 Å². The summed E-state index contributed by atoms with van der Waals surface area (Å²) in [6, 6.07) is 7.97. The van der Waals surface area contributed by atoms with Crippen LogP contribution in [0.15, 0.2) is 36.9 Å². The topological polar surface area (TPSA) is 9.23 Å². The highest BCUT2D eigenvalue weighted by Crippen LogP contribution is 2.10. The Kier molecular flexibility index (Phi) is 6.70. The summed E-state index contributed by atoms with van der Waals surface area (Å²) < 4.78 is 5.29. The van der Waals surface area contributed by atoms with E-state index in [1.54, 1.807) is 6.08 Å². The molecule has 1 aromatic rings. The van der Waals surface area contributed by atoms with Gasteiger partial charge in [0.1, 0.15) is 12.4 Å². The fourth-order valence-electron chi connectivity index (χ4n) is 0.790. The van der Waals surface area contributed by atoms with E-state index in [9.17, 15) is 0 Å². The molecule has 13 heavy (non-hydrogen) atoms. The molecule has 0 heterocycles. The molecule has 0 amide bonds. The lowest BCUT2D eigenvalue weighted by Crippen LogP contribution is -1.91. The molecule has 0 unspecified atom stereocenters. The minimum Gasteiger partial charge on any atom is -0.490 e. The molecule has 0 aliphatic heterocycles. The van der Waals surface area contributed by atoms with Crippen molar-refractivity contribution >= 4 is 0 Å². The van der Waals surface area contributed by atoms with Gasteiger partial charge in [-0.1, -0.05) is 44.2 Å². The summed E-state index contributed by atoms with van der Waals surface area (Å²) in [6.45, 7) is 10.2. The monoisotopic (exact) mass is 178 g/mol. The van der Waals surface area contributed by atoms with E-state index < -0.39 is 0 Å². The first-order valence-electron chi connectivity index (χ1n) is 4.63. The normalized spacial score (nSPS) is 8.23. The molecule has 0 fully saturated rings. The molecule has 72 valence electrons. The molecule has 1 nitrogen and oxygen atoms in total. The number of aryl methyl sites for hydroxylation is 1. The van der Waals surface area contributed by atoms with Gasteiger partial charge in [-0.15, -0.1) is 0 Å². The van der Waals surface area contributed by atoms with Gasteiger partial charge >= 0.3 is 0 Å². The molecule has 0 aliphatic rings. The smallest absolute Gasteiger partial charge is 0.119 e. The highest BCUT2D eigenvalue weighted by Gasteiger charge is 1.88. The van der Waals surface area contributed by atoms with E-state index in [1.807, 2.05) is 38.1 Å². The predicted molar refractivity (Wildman–Crippen MR) is 58.2 cm³/mol. The zero-order valence-electron chi connectivity index (χ0n) is 8.71. The van der Waals surface area contributed by atoms with Crippen molar-refractivity contribution in [1.82, 2.24) is 0 Å². The summed E-state index contributed by atoms with van der Waals surface area (Å²) in [6.07, 6.45) is 1.74. The lowest BCUT2D eigenvalue weighted by atomic mass is 10.2. The minimum atomic E-state index is 0.572. The number of rotatable bonds is 3. The van der Waals surface area contributed by atoms with Crippen molar-refractivity contribution in [2.45, 2.75) is 20.8 Å². The predicted octanol–water partition coefficient (Wildman–Crippen LogP) is 3.59. The van der Waals surface area contributed by atoms with Crippen molar-refractivity contribution in [3.05, 3.63) is 42.5 Å². The Morgan fingerprint density at radius 3 is 2.23 bits per heavy atom. The van der Waals surface area contributed by atoms with Crippen molar-refractivity contribution in [3.63, 3.8) is 0 Å². The number of hydrogen-bond donors (Lipinski definition) is 0. The zero-order valence-corrected chi connectivity index (χ0v) is 8.71. The van der Waals surface area contributed by atoms with E-state index in [-0.39, 0.29) is 0 Å². The second-order valence-corrected chi connectivity index (χ2v) is 2.41. The van der Waals surface area contributed by atoms with E-state index in [0.29, 0.717) is 6.61 Å². The summed E-state index contributed by atoms with van der Waals surface area (Å²) in [7, 11) is 0. The number of hydrogen-bond acceptors (Lipinski definition) is 1. The van der Waals surface area contributed by atoms with Crippen LogP contribution in [0.1, 0.15) is 19.4 Å². The van der Waals surface area contributed by atoms with Crippen LogP contribution in [0.4, 0.5) is 0 Å². The van der Waals surface area contributed by atoms with Gasteiger partial charge in [0.15, 0.2) is 0 Å². The molecule has 0 saturated heterocycles. The van der Waals surface area contributed by atoms with Crippen molar-refractivity contribution in [3.8, 4) is 5.75 Å². The molecule has 0 atom stereocenters. The minimum absolute atomic E-state index is 0.572. The third-order valence-corrected chi connectivity index (χ3v) is 1.39. The van der Waals surface area contributed by atoms with Crippen LogP contribution in [0.5, 0.6) is 5.75 Å². The lowest BCUT2D eigenvalue weighted by molar-refractivity contribution is 0.363. The summed E-state index contributed by atoms with van der Waals surface area (Å²) in [5.74, 6) is 0.899. The van der Waals surface area contributed by atoms with Crippen LogP contribution in [-0.4, -0.2) is 6.61 Å². The molecular weight excluding hydrogens is 160 g/mol. The Morgan fingerprint density at radius 1 is 1.23 bits per heavy atom. The Morgan fingerprint density at radius 2 is 1.77 bits per heavy atom. The van der Waals surface area contributed by atoms with Crippen LogP contribution in [0.3, 0.4) is 0 Å². The Labute approximate surface area is 81.1 Å². The fraction of sp³-hybridized carbons (Fsp3) is 0.333. The summed E-state index contributed by atoms with van der Waals surface area (Å²) in [5, 5.41) is 0. The van der Waals surface area contributed by atoms with Crippen LogP contribution in [0.2, 0.25) is 0 Å². The maximum absolute atomic E-state index is 5.29. The molecular formula is C12H18O. The third-order valence-electron chi connectivity index (χ3n) is 1.39. The van der Waals surface area contributed by atoms with Gasteiger partial charge in [0.25, 0.3) is 0 Å². The van der Waals surface area contributed by atoms with Crippen molar-refractivity contribution in [2.24, 2.45) is 0 Å². The summed E-state index contributed by atoms with van der Waals surface area (Å²) >= 11 is 0. The van der Waals surface area contributed by atoms with Gasteiger partial charge in [0.2, 0.25) is 0 Å². The average Bonchev–Trinajstić information content (AvgIpc) is 2.20. The van der Waals surface area contributed by atoms with Gasteiger partial charge in [-0.2, -0.15) is 0 Å². The molecule has 1 heteroatoms. The van der Waals surface area contributed by atoms with Crippen molar-refractivity contribution in [2.75, 3.05) is 6.61 Å². The molecule has 1 aromatic carbocycles.